The van der Waals surface area contributed by atoms with Crippen LogP contribution in [0.25, 0.3) is 0 Å². The molecule has 0 spiro atoms. The molecule has 0 aromatic rings. The molecule has 0 heterocycles. The molecule has 0 bridgehead atoms. The molecular weight excluding hydrogens is 296 g/mol. The number of aliphatic hydroxyl groups excluding tert-OH is 1. The lowest BCUT2D eigenvalue weighted by Gasteiger charge is -2.61. The Balaban J connectivity index is 1.60. The maximum atomic E-state index is 11.4. The van der Waals surface area contributed by atoms with E-state index in [9.17, 15) is 9.90 Å². The van der Waals surface area contributed by atoms with Crippen LogP contribution in [0.2, 0.25) is 0 Å². The molecule has 2 heteroatoms. The number of fused-ring (bicyclic) bond motifs is 5. The van der Waals surface area contributed by atoms with Gasteiger partial charge in [-0.15, -0.1) is 0 Å². The Morgan fingerprint density at radius 2 is 1.67 bits per heavy atom. The number of hydrogen-bond acceptors (Lipinski definition) is 2. The molecule has 2 nitrogen and oxygen atoms in total. The highest BCUT2D eigenvalue weighted by molar-refractivity contribution is 5.53. The van der Waals surface area contributed by atoms with Crippen molar-refractivity contribution in [2.24, 2.45) is 46.3 Å². The van der Waals surface area contributed by atoms with Crippen LogP contribution in [-0.4, -0.2) is 17.5 Å². The van der Waals surface area contributed by atoms with E-state index in [0.29, 0.717) is 16.7 Å². The standard InChI is InChI=1S/C22H36O2/c1-14(13-23)18-6-7-19-17-5-4-15-12-16(24)8-10-21(15,2)20(17)9-11-22(18,19)3/h13-20,24H,4-12H2,1-3H3/t14?,15-,16+,17-,18+,19-,20-,21-,22+/m0/s1. The van der Waals surface area contributed by atoms with E-state index >= 15 is 0 Å². The van der Waals surface area contributed by atoms with Gasteiger partial charge in [-0.2, -0.15) is 0 Å². The predicted molar refractivity (Wildman–Crippen MR) is 96.5 cm³/mol. The molecule has 0 amide bonds. The lowest BCUT2D eigenvalue weighted by Crippen LogP contribution is -2.54. The summed E-state index contributed by atoms with van der Waals surface area (Å²) in [5.74, 6) is 4.18. The van der Waals surface area contributed by atoms with Gasteiger partial charge in [-0.1, -0.05) is 20.8 Å². The molecule has 0 aliphatic heterocycles. The number of aliphatic hydroxyl groups is 1. The van der Waals surface area contributed by atoms with Crippen molar-refractivity contribution < 1.29 is 9.90 Å². The third-order valence-corrected chi connectivity index (χ3v) is 9.56. The van der Waals surface area contributed by atoms with E-state index in [1.807, 2.05) is 0 Å². The van der Waals surface area contributed by atoms with Crippen LogP contribution in [-0.2, 0) is 4.79 Å². The van der Waals surface area contributed by atoms with Crippen molar-refractivity contribution in [3.63, 3.8) is 0 Å². The lowest BCUT2D eigenvalue weighted by molar-refractivity contribution is -0.132. The van der Waals surface area contributed by atoms with E-state index in [-0.39, 0.29) is 12.0 Å². The largest absolute Gasteiger partial charge is 0.393 e. The molecule has 1 N–H and O–H groups in total. The van der Waals surface area contributed by atoms with Crippen LogP contribution >= 0.6 is 0 Å². The second-order valence-corrected chi connectivity index (χ2v) is 10.3. The summed E-state index contributed by atoms with van der Waals surface area (Å²) in [6.45, 7) is 7.23. The van der Waals surface area contributed by atoms with Crippen LogP contribution in [0, 0.1) is 46.3 Å². The predicted octanol–water partition coefficient (Wildman–Crippen LogP) is 4.84. The van der Waals surface area contributed by atoms with Crippen LogP contribution in [0.1, 0.15) is 78.6 Å². The summed E-state index contributed by atoms with van der Waals surface area (Å²) in [6, 6.07) is 0. The quantitative estimate of drug-likeness (QED) is 0.735. The molecule has 24 heavy (non-hydrogen) atoms. The summed E-state index contributed by atoms with van der Waals surface area (Å²) in [7, 11) is 0. The van der Waals surface area contributed by atoms with Crippen LogP contribution < -0.4 is 0 Å². The number of aldehydes is 1. The zero-order valence-electron chi connectivity index (χ0n) is 15.8. The van der Waals surface area contributed by atoms with Gasteiger partial charge in [-0.3, -0.25) is 0 Å². The van der Waals surface area contributed by atoms with Gasteiger partial charge in [0.1, 0.15) is 6.29 Å². The van der Waals surface area contributed by atoms with Crippen molar-refractivity contribution in [2.45, 2.75) is 84.7 Å². The fourth-order valence-corrected chi connectivity index (χ4v) is 8.23. The molecule has 136 valence electrons. The van der Waals surface area contributed by atoms with Gasteiger partial charge in [-0.25, -0.2) is 0 Å². The molecule has 4 fully saturated rings. The van der Waals surface area contributed by atoms with Gasteiger partial charge in [0, 0.05) is 5.92 Å². The summed E-state index contributed by atoms with van der Waals surface area (Å²) < 4.78 is 0. The number of carbonyl (C=O) groups is 1. The number of carbonyl (C=O) groups excluding carboxylic acids is 1. The van der Waals surface area contributed by atoms with Crippen molar-refractivity contribution in [1.82, 2.24) is 0 Å². The van der Waals surface area contributed by atoms with Gasteiger partial charge in [-0.05, 0) is 98.2 Å². The van der Waals surface area contributed by atoms with Gasteiger partial charge in [0.05, 0.1) is 6.10 Å². The number of hydrogen-bond donors (Lipinski definition) is 1. The summed E-state index contributed by atoms with van der Waals surface area (Å²) in [4.78, 5) is 11.4. The molecule has 9 atom stereocenters. The normalized spacial score (nSPS) is 55.2. The van der Waals surface area contributed by atoms with E-state index < -0.39 is 0 Å². The Kier molecular flexibility index (Phi) is 4.14. The first-order valence-corrected chi connectivity index (χ1v) is 10.5. The Bertz CT molecular complexity index is 502. The molecule has 1 unspecified atom stereocenters. The highest BCUT2D eigenvalue weighted by atomic mass is 16.3. The van der Waals surface area contributed by atoms with Gasteiger partial charge >= 0.3 is 0 Å². The molecule has 4 rings (SSSR count). The highest BCUT2D eigenvalue weighted by Gasteiger charge is 2.60. The zero-order valence-corrected chi connectivity index (χ0v) is 15.8. The number of rotatable bonds is 2. The molecule has 0 radical (unpaired) electrons. The van der Waals surface area contributed by atoms with E-state index in [2.05, 4.69) is 20.8 Å². The first-order valence-electron chi connectivity index (χ1n) is 10.5. The van der Waals surface area contributed by atoms with Crippen molar-refractivity contribution in [2.75, 3.05) is 0 Å². The van der Waals surface area contributed by atoms with E-state index in [1.165, 1.54) is 51.2 Å². The average molecular weight is 333 g/mol. The second-order valence-electron chi connectivity index (χ2n) is 10.3. The van der Waals surface area contributed by atoms with Crippen LogP contribution in [0.15, 0.2) is 0 Å². The van der Waals surface area contributed by atoms with Crippen LogP contribution in [0.4, 0.5) is 0 Å². The van der Waals surface area contributed by atoms with Crippen molar-refractivity contribution in [3.8, 4) is 0 Å². The fraction of sp³-hybridized carbons (Fsp3) is 0.955. The molecule has 4 aliphatic rings. The summed E-state index contributed by atoms with van der Waals surface area (Å²) >= 11 is 0. The Morgan fingerprint density at radius 3 is 2.42 bits per heavy atom. The van der Waals surface area contributed by atoms with E-state index in [4.69, 9.17) is 0 Å². The van der Waals surface area contributed by atoms with Gasteiger partial charge < -0.3 is 9.90 Å². The van der Waals surface area contributed by atoms with Crippen molar-refractivity contribution >= 4 is 6.29 Å². The zero-order chi connectivity index (χ0) is 17.1. The lowest BCUT2D eigenvalue weighted by atomic mass is 9.44. The van der Waals surface area contributed by atoms with Gasteiger partial charge in [0.25, 0.3) is 0 Å². The van der Waals surface area contributed by atoms with Crippen LogP contribution in [0.3, 0.4) is 0 Å². The summed E-state index contributed by atoms with van der Waals surface area (Å²) in [6.07, 6.45) is 12.5. The Morgan fingerprint density at radius 1 is 0.958 bits per heavy atom. The smallest absolute Gasteiger partial charge is 0.123 e. The van der Waals surface area contributed by atoms with Gasteiger partial charge in [0.2, 0.25) is 0 Å². The van der Waals surface area contributed by atoms with Gasteiger partial charge in [0.15, 0.2) is 0 Å². The highest BCUT2D eigenvalue weighted by Crippen LogP contribution is 2.68. The molecule has 0 aromatic heterocycles. The maximum absolute atomic E-state index is 11.4. The molecule has 0 saturated heterocycles. The van der Waals surface area contributed by atoms with Crippen molar-refractivity contribution in [1.29, 1.82) is 0 Å². The second kappa shape index (κ2) is 5.83. The SMILES string of the molecule is CC(C=O)[C@H]1CC[C@H]2[C@@H]3CC[C@H]4C[C@H](O)CC[C@]4(C)[C@H]3CC[C@]12C. The molecule has 4 aliphatic carbocycles. The van der Waals surface area contributed by atoms with Crippen molar-refractivity contribution in [3.05, 3.63) is 0 Å². The monoisotopic (exact) mass is 332 g/mol. The average Bonchev–Trinajstić information content (AvgIpc) is 2.92. The Labute approximate surface area is 147 Å². The van der Waals surface area contributed by atoms with E-state index in [1.54, 1.807) is 0 Å². The topological polar surface area (TPSA) is 37.3 Å². The first kappa shape index (κ1) is 17.1. The third-order valence-electron chi connectivity index (χ3n) is 9.56. The Hall–Kier alpha value is -0.370. The summed E-state index contributed by atoms with van der Waals surface area (Å²) in [5, 5.41) is 10.1. The first-order chi connectivity index (χ1) is 11.4. The minimum atomic E-state index is -0.0437. The van der Waals surface area contributed by atoms with Crippen LogP contribution in [0.5, 0.6) is 0 Å². The maximum Gasteiger partial charge on any atom is 0.123 e. The molecular formula is C22H36O2. The fourth-order valence-electron chi connectivity index (χ4n) is 8.23. The molecule has 4 saturated carbocycles. The molecule has 0 aromatic carbocycles. The van der Waals surface area contributed by atoms with E-state index in [0.717, 1.165) is 36.5 Å². The minimum absolute atomic E-state index is 0.0437. The summed E-state index contributed by atoms with van der Waals surface area (Å²) in [5.41, 5.74) is 0.872. The third kappa shape index (κ3) is 2.27. The minimum Gasteiger partial charge on any atom is -0.393 e.